The molecule has 0 aliphatic heterocycles. The van der Waals surface area contributed by atoms with E-state index in [1.807, 2.05) is 11.8 Å². The fourth-order valence-electron chi connectivity index (χ4n) is 1.97. The SMILES string of the molecule is CSC1CCC(NCc2nnn(C)n2)C1. The van der Waals surface area contributed by atoms with Gasteiger partial charge in [-0.1, -0.05) is 0 Å². The van der Waals surface area contributed by atoms with Gasteiger partial charge in [0.15, 0.2) is 5.82 Å². The van der Waals surface area contributed by atoms with Crippen molar-refractivity contribution in [2.45, 2.75) is 37.1 Å². The molecular weight excluding hydrogens is 210 g/mol. The number of nitrogens with one attached hydrogen (secondary N) is 1. The van der Waals surface area contributed by atoms with Crippen molar-refractivity contribution in [3.63, 3.8) is 0 Å². The molecule has 0 amide bonds. The summed E-state index contributed by atoms with van der Waals surface area (Å²) in [6.45, 7) is 0.736. The van der Waals surface area contributed by atoms with Gasteiger partial charge < -0.3 is 5.32 Å². The zero-order chi connectivity index (χ0) is 10.7. The number of hydrogen-bond donors (Lipinski definition) is 1. The molecule has 0 radical (unpaired) electrons. The van der Waals surface area contributed by atoms with Crippen molar-refractivity contribution < 1.29 is 0 Å². The van der Waals surface area contributed by atoms with Crippen molar-refractivity contribution >= 4 is 11.8 Å². The lowest BCUT2D eigenvalue weighted by Gasteiger charge is -2.10. The zero-order valence-electron chi connectivity index (χ0n) is 9.18. The lowest BCUT2D eigenvalue weighted by molar-refractivity contribution is 0.513. The lowest BCUT2D eigenvalue weighted by atomic mass is 10.2. The minimum Gasteiger partial charge on any atom is -0.307 e. The van der Waals surface area contributed by atoms with Gasteiger partial charge in [-0.05, 0) is 30.7 Å². The Morgan fingerprint density at radius 1 is 1.53 bits per heavy atom. The average Bonchev–Trinajstić information content (AvgIpc) is 2.83. The number of aryl methyl sites for hydroxylation is 1. The highest BCUT2D eigenvalue weighted by atomic mass is 32.2. The molecule has 0 aromatic carbocycles. The second kappa shape index (κ2) is 4.94. The molecule has 2 unspecified atom stereocenters. The number of tetrazole rings is 1. The van der Waals surface area contributed by atoms with Gasteiger partial charge in [-0.15, -0.1) is 10.2 Å². The Hall–Kier alpha value is -0.620. The molecule has 1 N–H and O–H groups in total. The first-order valence-corrected chi connectivity index (χ1v) is 6.56. The Morgan fingerprint density at radius 2 is 2.40 bits per heavy atom. The second-order valence-electron chi connectivity index (χ2n) is 3.94. The third-order valence-electron chi connectivity index (χ3n) is 2.82. The van der Waals surface area contributed by atoms with E-state index in [2.05, 4.69) is 27.0 Å². The molecule has 0 saturated heterocycles. The molecule has 0 spiro atoms. The van der Waals surface area contributed by atoms with Crippen LogP contribution in [0.15, 0.2) is 0 Å². The monoisotopic (exact) mass is 227 g/mol. The predicted molar refractivity (Wildman–Crippen MR) is 60.6 cm³/mol. The van der Waals surface area contributed by atoms with E-state index >= 15 is 0 Å². The molecular formula is C9H17N5S. The maximum Gasteiger partial charge on any atom is 0.188 e. The van der Waals surface area contributed by atoms with Crippen LogP contribution in [0.4, 0.5) is 0 Å². The van der Waals surface area contributed by atoms with Crippen LogP contribution in [0.2, 0.25) is 0 Å². The van der Waals surface area contributed by atoms with Crippen LogP contribution >= 0.6 is 11.8 Å². The van der Waals surface area contributed by atoms with Gasteiger partial charge in [0.2, 0.25) is 0 Å². The normalized spacial score (nSPS) is 26.0. The Balaban J connectivity index is 1.75. The maximum atomic E-state index is 4.14. The minimum atomic E-state index is 0.631. The van der Waals surface area contributed by atoms with E-state index in [1.54, 1.807) is 7.05 Å². The van der Waals surface area contributed by atoms with Gasteiger partial charge >= 0.3 is 0 Å². The number of hydrogen-bond acceptors (Lipinski definition) is 5. The fourth-order valence-corrected chi connectivity index (χ4v) is 2.77. The van der Waals surface area contributed by atoms with E-state index in [9.17, 15) is 0 Å². The average molecular weight is 227 g/mol. The predicted octanol–water partition coefficient (Wildman–Crippen LogP) is 0.584. The molecule has 15 heavy (non-hydrogen) atoms. The molecule has 1 fully saturated rings. The van der Waals surface area contributed by atoms with Gasteiger partial charge in [0.1, 0.15) is 0 Å². The van der Waals surface area contributed by atoms with Gasteiger partial charge in [0.05, 0.1) is 13.6 Å². The van der Waals surface area contributed by atoms with Crippen LogP contribution in [0.25, 0.3) is 0 Å². The summed E-state index contributed by atoms with van der Waals surface area (Å²) >= 11 is 1.97. The largest absolute Gasteiger partial charge is 0.307 e. The van der Waals surface area contributed by atoms with Crippen molar-refractivity contribution in [1.29, 1.82) is 0 Å². The molecule has 1 aliphatic rings. The molecule has 84 valence electrons. The molecule has 2 rings (SSSR count). The number of rotatable bonds is 4. The summed E-state index contributed by atoms with van der Waals surface area (Å²) in [5.74, 6) is 0.783. The standard InChI is InChI=1S/C9H17N5S/c1-14-12-9(11-13-14)6-10-7-3-4-8(5-7)15-2/h7-8,10H,3-6H2,1-2H3. The second-order valence-corrected chi connectivity index (χ2v) is 5.08. The van der Waals surface area contributed by atoms with E-state index in [-0.39, 0.29) is 0 Å². The van der Waals surface area contributed by atoms with Crippen molar-refractivity contribution in [3.8, 4) is 0 Å². The lowest BCUT2D eigenvalue weighted by Crippen LogP contribution is -2.26. The molecule has 1 aromatic heterocycles. The summed E-state index contributed by atoms with van der Waals surface area (Å²) < 4.78 is 0. The Morgan fingerprint density at radius 3 is 3.00 bits per heavy atom. The van der Waals surface area contributed by atoms with Crippen molar-refractivity contribution in [2.24, 2.45) is 7.05 Å². The topological polar surface area (TPSA) is 55.6 Å². The van der Waals surface area contributed by atoms with Gasteiger partial charge in [-0.3, -0.25) is 0 Å². The smallest absolute Gasteiger partial charge is 0.188 e. The third-order valence-corrected chi connectivity index (χ3v) is 3.91. The number of thioether (sulfide) groups is 1. The highest BCUT2D eigenvalue weighted by Crippen LogP contribution is 2.28. The molecule has 1 heterocycles. The molecule has 6 heteroatoms. The summed E-state index contributed by atoms with van der Waals surface area (Å²) in [5.41, 5.74) is 0. The summed E-state index contributed by atoms with van der Waals surface area (Å²) in [6.07, 6.45) is 6.05. The summed E-state index contributed by atoms with van der Waals surface area (Å²) in [4.78, 5) is 1.50. The van der Waals surface area contributed by atoms with Crippen LogP contribution in [0.5, 0.6) is 0 Å². The van der Waals surface area contributed by atoms with Crippen LogP contribution < -0.4 is 5.32 Å². The van der Waals surface area contributed by atoms with E-state index < -0.39 is 0 Å². The quantitative estimate of drug-likeness (QED) is 0.815. The van der Waals surface area contributed by atoms with Crippen molar-refractivity contribution in [1.82, 2.24) is 25.5 Å². The number of aromatic nitrogens is 4. The summed E-state index contributed by atoms with van der Waals surface area (Å²) in [7, 11) is 1.79. The molecule has 1 aromatic rings. The minimum absolute atomic E-state index is 0.631. The zero-order valence-corrected chi connectivity index (χ0v) is 10.00. The van der Waals surface area contributed by atoms with E-state index in [0.717, 1.165) is 17.6 Å². The van der Waals surface area contributed by atoms with Crippen molar-refractivity contribution in [3.05, 3.63) is 5.82 Å². The third kappa shape index (κ3) is 2.92. The first-order valence-electron chi connectivity index (χ1n) is 5.27. The highest BCUT2D eigenvalue weighted by Gasteiger charge is 2.23. The van der Waals surface area contributed by atoms with Gasteiger partial charge in [-0.25, -0.2) is 0 Å². The Labute approximate surface area is 94.0 Å². The van der Waals surface area contributed by atoms with E-state index in [1.165, 1.54) is 24.1 Å². The summed E-state index contributed by atoms with van der Waals surface area (Å²) in [5, 5.41) is 16.2. The molecule has 1 aliphatic carbocycles. The highest BCUT2D eigenvalue weighted by molar-refractivity contribution is 7.99. The van der Waals surface area contributed by atoms with E-state index in [0.29, 0.717) is 6.04 Å². The van der Waals surface area contributed by atoms with Crippen LogP contribution in [0.3, 0.4) is 0 Å². The van der Waals surface area contributed by atoms with Crippen LogP contribution in [-0.2, 0) is 13.6 Å². The van der Waals surface area contributed by atoms with Gasteiger partial charge in [-0.2, -0.15) is 16.6 Å². The first-order chi connectivity index (χ1) is 7.28. The molecule has 0 bridgehead atoms. The molecule has 5 nitrogen and oxygen atoms in total. The number of nitrogens with zero attached hydrogens (tertiary/aromatic N) is 4. The Bertz CT molecular complexity index is 313. The van der Waals surface area contributed by atoms with Gasteiger partial charge in [0.25, 0.3) is 0 Å². The van der Waals surface area contributed by atoms with Crippen LogP contribution in [0.1, 0.15) is 25.1 Å². The fraction of sp³-hybridized carbons (Fsp3) is 0.889. The maximum absolute atomic E-state index is 4.14. The van der Waals surface area contributed by atoms with Crippen LogP contribution in [0, 0.1) is 0 Å². The molecule has 1 saturated carbocycles. The molecule has 2 atom stereocenters. The first kappa shape index (κ1) is 10.9. The Kier molecular flexibility index (Phi) is 3.58. The van der Waals surface area contributed by atoms with E-state index in [4.69, 9.17) is 0 Å². The van der Waals surface area contributed by atoms with Gasteiger partial charge in [0, 0.05) is 11.3 Å². The van der Waals surface area contributed by atoms with Crippen molar-refractivity contribution in [2.75, 3.05) is 6.26 Å². The van der Waals surface area contributed by atoms with Crippen LogP contribution in [-0.4, -0.2) is 37.8 Å². The summed E-state index contributed by atoms with van der Waals surface area (Å²) in [6, 6.07) is 0.631.